The quantitative estimate of drug-likeness (QED) is 0.336. The number of ether oxygens (including phenoxy) is 3. The van der Waals surface area contributed by atoms with Gasteiger partial charge in [0.1, 0.15) is 12.6 Å². The maximum atomic E-state index is 12.6. The number of rotatable bonds is 9. The summed E-state index contributed by atoms with van der Waals surface area (Å²) in [6.07, 6.45) is -1.21. The van der Waals surface area contributed by atoms with Crippen LogP contribution in [0.4, 0.5) is 10.5 Å². The molecule has 0 heterocycles. The number of benzene rings is 3. The Labute approximate surface area is 206 Å². The van der Waals surface area contributed by atoms with Crippen molar-refractivity contribution in [1.29, 1.82) is 0 Å². The van der Waals surface area contributed by atoms with Gasteiger partial charge in [0.2, 0.25) is 0 Å². The predicted molar refractivity (Wildman–Crippen MR) is 130 cm³/mol. The predicted octanol–water partition coefficient (Wildman–Crippen LogP) is 4.15. The second-order valence-electron chi connectivity index (χ2n) is 8.16. The Morgan fingerprint density at radius 3 is 2.17 bits per heavy atom. The summed E-state index contributed by atoms with van der Waals surface area (Å²) in [5.41, 5.74) is 4.07. The van der Waals surface area contributed by atoms with Gasteiger partial charge >= 0.3 is 12.1 Å². The molecule has 36 heavy (non-hydrogen) atoms. The number of carbonyl (C=O) groups is 2. The van der Waals surface area contributed by atoms with Gasteiger partial charge in [0.05, 0.1) is 25.2 Å². The van der Waals surface area contributed by atoms with E-state index in [0.29, 0.717) is 0 Å². The number of methoxy groups -OCH3 is 2. The average molecular weight is 492 g/mol. The van der Waals surface area contributed by atoms with Gasteiger partial charge in [-0.05, 0) is 22.3 Å². The number of amides is 1. The first kappa shape index (κ1) is 24.5. The molecule has 0 spiro atoms. The van der Waals surface area contributed by atoms with Crippen LogP contribution in [0.3, 0.4) is 0 Å². The van der Waals surface area contributed by atoms with Crippen molar-refractivity contribution in [2.24, 2.45) is 0 Å². The maximum Gasteiger partial charge on any atom is 0.407 e. The van der Waals surface area contributed by atoms with Crippen LogP contribution in [0.25, 0.3) is 11.1 Å². The van der Waals surface area contributed by atoms with E-state index in [9.17, 15) is 24.8 Å². The lowest BCUT2D eigenvalue weighted by atomic mass is 9.98. The van der Waals surface area contributed by atoms with Crippen LogP contribution >= 0.6 is 0 Å². The number of hydrogen-bond acceptors (Lipinski definition) is 7. The number of carbonyl (C=O) groups excluding carboxylic acids is 1. The van der Waals surface area contributed by atoms with Crippen LogP contribution in [0.15, 0.2) is 60.7 Å². The van der Waals surface area contributed by atoms with Crippen LogP contribution < -0.4 is 14.8 Å². The summed E-state index contributed by atoms with van der Waals surface area (Å²) in [6.45, 7) is 0.0140. The number of carboxylic acid groups (broad SMARTS) is 1. The van der Waals surface area contributed by atoms with Gasteiger partial charge in [-0.1, -0.05) is 48.5 Å². The molecule has 0 fully saturated rings. The highest BCUT2D eigenvalue weighted by Gasteiger charge is 2.30. The minimum atomic E-state index is -1.43. The van der Waals surface area contributed by atoms with Gasteiger partial charge in [0, 0.05) is 24.0 Å². The third-order valence-corrected chi connectivity index (χ3v) is 6.11. The number of nitro benzene ring substituents is 1. The molecule has 1 atom stereocenters. The Kier molecular flexibility index (Phi) is 7.05. The molecule has 1 amide bonds. The summed E-state index contributed by atoms with van der Waals surface area (Å²) in [5.74, 6) is -1.31. The molecule has 1 aliphatic rings. The van der Waals surface area contributed by atoms with Crippen molar-refractivity contribution in [2.75, 3.05) is 20.8 Å². The third kappa shape index (κ3) is 4.78. The summed E-state index contributed by atoms with van der Waals surface area (Å²) < 4.78 is 15.9. The van der Waals surface area contributed by atoms with E-state index in [1.165, 1.54) is 26.4 Å². The molecule has 1 aliphatic carbocycles. The number of carboxylic acids is 1. The van der Waals surface area contributed by atoms with Gasteiger partial charge < -0.3 is 24.6 Å². The van der Waals surface area contributed by atoms with Crippen molar-refractivity contribution in [3.63, 3.8) is 0 Å². The smallest absolute Gasteiger partial charge is 0.407 e. The number of alkyl carbamates (subject to hydrolysis) is 1. The standard InChI is InChI=1S/C26H24N2O8/c1-34-23-13-16(28(32)33)11-15(24(23)35-2)12-22(25(29)30)27-26(31)36-14-21-19-9-5-3-7-17(19)18-8-4-6-10-20(18)21/h3-11,13,21-22H,12,14H2,1-2H3,(H,27,31)(H,29,30). The largest absolute Gasteiger partial charge is 0.493 e. The minimum absolute atomic E-state index is 0.0140. The van der Waals surface area contributed by atoms with Crippen molar-refractivity contribution < 1.29 is 33.8 Å². The normalized spacial score (nSPS) is 12.7. The molecule has 2 N–H and O–H groups in total. The molecule has 10 heteroatoms. The Morgan fingerprint density at radius 1 is 1.03 bits per heavy atom. The van der Waals surface area contributed by atoms with Gasteiger partial charge in [0.15, 0.2) is 11.5 Å². The highest BCUT2D eigenvalue weighted by Crippen LogP contribution is 2.44. The van der Waals surface area contributed by atoms with E-state index in [1.807, 2.05) is 48.5 Å². The van der Waals surface area contributed by atoms with Gasteiger partial charge in [-0.2, -0.15) is 0 Å². The average Bonchev–Trinajstić information content (AvgIpc) is 3.20. The van der Waals surface area contributed by atoms with Crippen molar-refractivity contribution in [3.05, 3.63) is 87.5 Å². The van der Waals surface area contributed by atoms with Gasteiger partial charge in [-0.3, -0.25) is 10.1 Å². The monoisotopic (exact) mass is 492 g/mol. The number of nitrogens with one attached hydrogen (secondary N) is 1. The summed E-state index contributed by atoms with van der Waals surface area (Å²) in [6, 6.07) is 16.6. The second-order valence-corrected chi connectivity index (χ2v) is 8.16. The fourth-order valence-corrected chi connectivity index (χ4v) is 4.49. The first-order chi connectivity index (χ1) is 17.3. The highest BCUT2D eigenvalue weighted by molar-refractivity contribution is 5.81. The molecule has 186 valence electrons. The molecular formula is C26H24N2O8. The van der Waals surface area contributed by atoms with Crippen molar-refractivity contribution in [3.8, 4) is 22.6 Å². The maximum absolute atomic E-state index is 12.6. The topological polar surface area (TPSA) is 137 Å². The molecule has 10 nitrogen and oxygen atoms in total. The summed E-state index contributed by atoms with van der Waals surface area (Å²) in [5, 5.41) is 23.4. The lowest BCUT2D eigenvalue weighted by molar-refractivity contribution is -0.385. The SMILES string of the molecule is COc1cc([N+](=O)[O-])cc(CC(NC(=O)OCC2c3ccccc3-c3ccccc32)C(=O)O)c1OC. The molecule has 0 aliphatic heterocycles. The van der Waals surface area contributed by atoms with Crippen molar-refractivity contribution in [1.82, 2.24) is 5.32 Å². The third-order valence-electron chi connectivity index (χ3n) is 6.11. The van der Waals surface area contributed by atoms with Crippen LogP contribution in [0.1, 0.15) is 22.6 Å². The Bertz CT molecular complexity index is 1280. The first-order valence-corrected chi connectivity index (χ1v) is 11.1. The van der Waals surface area contributed by atoms with Gasteiger partial charge in [-0.15, -0.1) is 0 Å². The zero-order chi connectivity index (χ0) is 25.8. The number of nitro groups is 1. The van der Waals surface area contributed by atoms with Crippen molar-refractivity contribution >= 4 is 17.7 Å². The van der Waals surface area contributed by atoms with Crippen LogP contribution in [0.2, 0.25) is 0 Å². The molecule has 0 radical (unpaired) electrons. The van der Waals surface area contributed by atoms with E-state index in [2.05, 4.69) is 5.32 Å². The molecule has 1 unspecified atom stereocenters. The summed E-state index contributed by atoms with van der Waals surface area (Å²) in [7, 11) is 2.65. The lowest BCUT2D eigenvalue weighted by Gasteiger charge is -2.19. The molecule has 0 bridgehead atoms. The molecule has 3 aromatic rings. The van der Waals surface area contributed by atoms with Gasteiger partial charge in [0.25, 0.3) is 5.69 Å². The van der Waals surface area contributed by atoms with Crippen LogP contribution in [0.5, 0.6) is 11.5 Å². The Morgan fingerprint density at radius 2 is 1.64 bits per heavy atom. The van der Waals surface area contributed by atoms with Gasteiger partial charge in [-0.25, -0.2) is 9.59 Å². The fourth-order valence-electron chi connectivity index (χ4n) is 4.49. The van der Waals surface area contributed by atoms with E-state index in [1.54, 1.807) is 0 Å². The molecule has 0 saturated heterocycles. The number of aliphatic carboxylic acids is 1. The molecule has 0 saturated carbocycles. The van der Waals surface area contributed by atoms with Crippen LogP contribution in [-0.4, -0.2) is 49.0 Å². The second kappa shape index (κ2) is 10.3. The highest BCUT2D eigenvalue weighted by atomic mass is 16.6. The summed E-state index contributed by atoms with van der Waals surface area (Å²) >= 11 is 0. The summed E-state index contributed by atoms with van der Waals surface area (Å²) in [4.78, 5) is 35.2. The van der Waals surface area contributed by atoms with E-state index in [4.69, 9.17) is 14.2 Å². The van der Waals surface area contributed by atoms with E-state index in [0.717, 1.165) is 22.3 Å². The molecule has 4 rings (SSSR count). The molecule has 0 aromatic heterocycles. The Balaban J connectivity index is 1.50. The number of hydrogen-bond donors (Lipinski definition) is 2. The fraction of sp³-hybridized carbons (Fsp3) is 0.231. The van der Waals surface area contributed by atoms with E-state index < -0.39 is 23.0 Å². The minimum Gasteiger partial charge on any atom is -0.493 e. The molecule has 3 aromatic carbocycles. The number of nitrogens with zero attached hydrogens (tertiary/aromatic N) is 1. The van der Waals surface area contributed by atoms with Crippen LogP contribution in [0, 0.1) is 10.1 Å². The lowest BCUT2D eigenvalue weighted by Crippen LogP contribution is -2.43. The first-order valence-electron chi connectivity index (χ1n) is 11.1. The number of fused-ring (bicyclic) bond motifs is 3. The van der Waals surface area contributed by atoms with E-state index >= 15 is 0 Å². The zero-order valence-corrected chi connectivity index (χ0v) is 19.6. The Hall–Kier alpha value is -4.60. The van der Waals surface area contributed by atoms with E-state index in [-0.39, 0.29) is 41.7 Å². The zero-order valence-electron chi connectivity index (χ0n) is 19.6. The molecular weight excluding hydrogens is 468 g/mol. The van der Waals surface area contributed by atoms with Crippen LogP contribution in [-0.2, 0) is 16.0 Å². The number of non-ortho nitro benzene ring substituents is 1. The van der Waals surface area contributed by atoms with Crippen molar-refractivity contribution in [2.45, 2.75) is 18.4 Å².